The Morgan fingerprint density at radius 1 is 1.09 bits per heavy atom. The van der Waals surface area contributed by atoms with Crippen LogP contribution in [0.1, 0.15) is 35.5 Å². The summed E-state index contributed by atoms with van der Waals surface area (Å²) >= 11 is 1.33. The number of fused-ring (bicyclic) bond motifs is 2. The van der Waals surface area contributed by atoms with E-state index in [1.807, 2.05) is 60.0 Å². The van der Waals surface area contributed by atoms with E-state index in [1.54, 1.807) is 0 Å². The molecule has 8 heteroatoms. The first-order valence-electron chi connectivity index (χ1n) is 11.6. The van der Waals surface area contributed by atoms with Gasteiger partial charge in [0, 0.05) is 53.1 Å². The number of carbonyl (C=O) groups excluding carboxylic acids is 2. The molecule has 0 spiro atoms. The first-order chi connectivity index (χ1) is 17.0. The number of hydrogen-bond donors (Lipinski definition) is 1. The zero-order chi connectivity index (χ0) is 24.4. The molecule has 0 fully saturated rings. The van der Waals surface area contributed by atoms with Crippen LogP contribution < -0.4 is 5.32 Å². The number of para-hydroxylation sites is 1. The van der Waals surface area contributed by atoms with E-state index < -0.39 is 18.5 Å². The van der Waals surface area contributed by atoms with Gasteiger partial charge in [0.15, 0.2) is 11.7 Å². The SMILES string of the molecule is CC(C)N1CCc2nc3ccccc3c(C(=O)OCC(=O)Nc3nc(-c4ccccc4)cs3)c2C1. The minimum Gasteiger partial charge on any atom is -0.452 e. The van der Waals surface area contributed by atoms with Crippen molar-refractivity contribution in [1.29, 1.82) is 0 Å². The first kappa shape index (κ1) is 23.1. The highest BCUT2D eigenvalue weighted by Crippen LogP contribution is 2.30. The summed E-state index contributed by atoms with van der Waals surface area (Å²) in [4.78, 5) is 37.4. The van der Waals surface area contributed by atoms with Crippen molar-refractivity contribution in [3.05, 3.63) is 76.8 Å². The van der Waals surface area contributed by atoms with Gasteiger partial charge in [-0.25, -0.2) is 9.78 Å². The van der Waals surface area contributed by atoms with E-state index in [9.17, 15) is 9.59 Å². The van der Waals surface area contributed by atoms with Crippen molar-refractivity contribution in [2.45, 2.75) is 32.9 Å². The highest BCUT2D eigenvalue weighted by Gasteiger charge is 2.28. The summed E-state index contributed by atoms with van der Waals surface area (Å²) < 4.78 is 5.50. The number of hydrogen-bond acceptors (Lipinski definition) is 7. The van der Waals surface area contributed by atoms with Crippen LogP contribution in [0.2, 0.25) is 0 Å². The van der Waals surface area contributed by atoms with E-state index in [0.29, 0.717) is 23.3 Å². The Hall–Kier alpha value is -3.62. The van der Waals surface area contributed by atoms with E-state index in [-0.39, 0.29) is 0 Å². The van der Waals surface area contributed by atoms with Crippen LogP contribution in [0, 0.1) is 0 Å². The predicted octanol–water partition coefficient (Wildman–Crippen LogP) is 4.92. The van der Waals surface area contributed by atoms with Crippen molar-refractivity contribution in [3.63, 3.8) is 0 Å². The summed E-state index contributed by atoms with van der Waals surface area (Å²) in [7, 11) is 0. The molecule has 0 saturated heterocycles. The van der Waals surface area contributed by atoms with E-state index in [1.165, 1.54) is 11.3 Å². The van der Waals surface area contributed by atoms with E-state index in [0.717, 1.165) is 46.4 Å². The molecule has 7 nitrogen and oxygen atoms in total. The lowest BCUT2D eigenvalue weighted by molar-refractivity contribution is -0.119. The maximum Gasteiger partial charge on any atom is 0.339 e. The Morgan fingerprint density at radius 2 is 1.86 bits per heavy atom. The Kier molecular flexibility index (Phi) is 6.57. The van der Waals surface area contributed by atoms with Crippen molar-refractivity contribution < 1.29 is 14.3 Å². The monoisotopic (exact) mass is 486 g/mol. The van der Waals surface area contributed by atoms with Crippen LogP contribution >= 0.6 is 11.3 Å². The van der Waals surface area contributed by atoms with Gasteiger partial charge in [0.2, 0.25) is 0 Å². The van der Waals surface area contributed by atoms with E-state index in [2.05, 4.69) is 29.0 Å². The van der Waals surface area contributed by atoms with Gasteiger partial charge in [0.1, 0.15) is 0 Å². The molecular weight excluding hydrogens is 460 g/mol. The molecule has 5 rings (SSSR count). The number of esters is 1. The average molecular weight is 487 g/mol. The minimum atomic E-state index is -0.510. The standard InChI is InChI=1S/C27H26N4O3S/c1-17(2)31-13-12-22-20(14-31)25(19-10-6-7-11-21(19)28-22)26(33)34-15-24(32)30-27-29-23(16-35-27)18-8-4-3-5-9-18/h3-11,16-17H,12-15H2,1-2H3,(H,29,30,32). The smallest absolute Gasteiger partial charge is 0.339 e. The normalized spacial score (nSPS) is 13.6. The first-order valence-corrected chi connectivity index (χ1v) is 12.5. The summed E-state index contributed by atoms with van der Waals surface area (Å²) in [5.41, 5.74) is 4.84. The quantitative estimate of drug-likeness (QED) is 0.390. The molecule has 178 valence electrons. The number of carbonyl (C=O) groups is 2. The van der Waals surface area contributed by atoms with Crippen molar-refractivity contribution in [2.24, 2.45) is 0 Å². The van der Waals surface area contributed by atoms with E-state index in [4.69, 9.17) is 9.72 Å². The van der Waals surface area contributed by atoms with Crippen molar-refractivity contribution in [3.8, 4) is 11.3 Å². The summed E-state index contributed by atoms with van der Waals surface area (Å²) in [5, 5.41) is 5.82. The number of ether oxygens (including phenoxy) is 1. The number of aromatic nitrogens is 2. The Bertz CT molecular complexity index is 1380. The molecule has 0 unspecified atom stereocenters. The number of thiazole rings is 1. The molecule has 0 saturated carbocycles. The fraction of sp³-hybridized carbons (Fsp3) is 0.259. The third kappa shape index (κ3) is 4.94. The average Bonchev–Trinajstić information content (AvgIpc) is 3.34. The Morgan fingerprint density at radius 3 is 2.66 bits per heavy atom. The van der Waals surface area contributed by atoms with Gasteiger partial charge < -0.3 is 4.74 Å². The number of amides is 1. The molecular formula is C27H26N4O3S. The number of benzene rings is 2. The molecule has 4 aromatic rings. The molecule has 3 heterocycles. The van der Waals surface area contributed by atoms with Gasteiger partial charge in [-0.1, -0.05) is 48.5 Å². The third-order valence-electron chi connectivity index (χ3n) is 6.16. The summed E-state index contributed by atoms with van der Waals surface area (Å²) in [6.07, 6.45) is 0.771. The Balaban J connectivity index is 1.32. The van der Waals surface area contributed by atoms with Crippen molar-refractivity contribution in [1.82, 2.24) is 14.9 Å². The lowest BCUT2D eigenvalue weighted by Gasteiger charge is -2.32. The molecule has 1 N–H and O–H groups in total. The van der Waals surface area contributed by atoms with Gasteiger partial charge in [-0.05, 0) is 19.9 Å². The molecule has 0 bridgehead atoms. The number of nitrogens with one attached hydrogen (secondary N) is 1. The van der Waals surface area contributed by atoms with Gasteiger partial charge in [0.25, 0.3) is 5.91 Å². The zero-order valence-corrected chi connectivity index (χ0v) is 20.5. The maximum atomic E-state index is 13.3. The maximum absolute atomic E-state index is 13.3. The van der Waals surface area contributed by atoms with Gasteiger partial charge in [0.05, 0.1) is 16.8 Å². The number of nitrogens with zero attached hydrogens (tertiary/aromatic N) is 3. The van der Waals surface area contributed by atoms with Crippen LogP contribution in [0.4, 0.5) is 5.13 Å². The molecule has 0 radical (unpaired) electrons. The third-order valence-corrected chi connectivity index (χ3v) is 6.92. The minimum absolute atomic E-state index is 0.350. The van der Waals surface area contributed by atoms with E-state index >= 15 is 0 Å². The van der Waals surface area contributed by atoms with Crippen LogP contribution in [0.5, 0.6) is 0 Å². The fourth-order valence-corrected chi connectivity index (χ4v) is 5.05. The predicted molar refractivity (Wildman–Crippen MR) is 137 cm³/mol. The highest BCUT2D eigenvalue weighted by molar-refractivity contribution is 7.14. The number of rotatable bonds is 6. The molecule has 0 atom stereocenters. The molecule has 35 heavy (non-hydrogen) atoms. The molecule has 1 aliphatic rings. The second-order valence-electron chi connectivity index (χ2n) is 8.77. The summed E-state index contributed by atoms with van der Waals surface area (Å²) in [5.74, 6) is -0.937. The molecule has 2 aromatic heterocycles. The number of anilines is 1. The lowest BCUT2D eigenvalue weighted by Crippen LogP contribution is -2.37. The molecule has 1 aliphatic heterocycles. The van der Waals surface area contributed by atoms with Crippen LogP contribution in [0.15, 0.2) is 60.0 Å². The van der Waals surface area contributed by atoms with Gasteiger partial charge >= 0.3 is 5.97 Å². The topological polar surface area (TPSA) is 84.4 Å². The van der Waals surface area contributed by atoms with Gasteiger partial charge in [-0.3, -0.25) is 20.0 Å². The lowest BCUT2D eigenvalue weighted by atomic mass is 9.95. The van der Waals surface area contributed by atoms with Crippen molar-refractivity contribution in [2.75, 3.05) is 18.5 Å². The van der Waals surface area contributed by atoms with Gasteiger partial charge in [-0.2, -0.15) is 0 Å². The molecule has 2 aromatic carbocycles. The zero-order valence-electron chi connectivity index (χ0n) is 19.7. The van der Waals surface area contributed by atoms with Crippen LogP contribution in [-0.2, 0) is 22.5 Å². The second-order valence-corrected chi connectivity index (χ2v) is 9.63. The highest BCUT2D eigenvalue weighted by atomic mass is 32.1. The molecule has 0 aliphatic carbocycles. The molecule has 1 amide bonds. The summed E-state index contributed by atoms with van der Waals surface area (Å²) in [6, 6.07) is 17.7. The second kappa shape index (κ2) is 9.93. The fourth-order valence-electron chi connectivity index (χ4n) is 4.32. The van der Waals surface area contributed by atoms with Gasteiger partial charge in [-0.15, -0.1) is 11.3 Å². The van der Waals surface area contributed by atoms with Crippen LogP contribution in [-0.4, -0.2) is 45.9 Å². The van der Waals surface area contributed by atoms with Crippen LogP contribution in [0.3, 0.4) is 0 Å². The largest absolute Gasteiger partial charge is 0.452 e. The van der Waals surface area contributed by atoms with Crippen molar-refractivity contribution >= 4 is 39.2 Å². The van der Waals surface area contributed by atoms with Crippen LogP contribution in [0.25, 0.3) is 22.2 Å². The Labute approximate surface area is 207 Å². The summed E-state index contributed by atoms with van der Waals surface area (Å²) in [6.45, 7) is 5.42. The number of pyridine rings is 1.